The van der Waals surface area contributed by atoms with Gasteiger partial charge in [0, 0.05) is 44.1 Å². The van der Waals surface area contributed by atoms with Gasteiger partial charge in [0.15, 0.2) is 0 Å². The van der Waals surface area contributed by atoms with Crippen LogP contribution in [0.4, 0.5) is 8.78 Å². The van der Waals surface area contributed by atoms with Crippen LogP contribution in [0.1, 0.15) is 5.56 Å². The SMILES string of the molecule is Cc1cc(F)cc(F)c1-c1ccccn1.[Ir].c1ccc(-c2nnn[n-]2)nc1. The summed E-state index contributed by atoms with van der Waals surface area (Å²) in [5.41, 5.74) is 2.12. The average molecular weight is 544 g/mol. The third-order valence-corrected chi connectivity index (χ3v) is 3.39. The Balaban J connectivity index is 0.000000194. The molecule has 0 atom stereocenters. The van der Waals surface area contributed by atoms with E-state index in [9.17, 15) is 8.78 Å². The minimum Gasteiger partial charge on any atom is -0.329 e. The molecule has 0 saturated heterocycles. The number of aryl methyl sites for hydroxylation is 1. The van der Waals surface area contributed by atoms with Gasteiger partial charge < -0.3 is 5.10 Å². The number of hydrogen-bond acceptors (Lipinski definition) is 5. The van der Waals surface area contributed by atoms with E-state index in [1.165, 1.54) is 6.07 Å². The Morgan fingerprint density at radius 3 is 2.07 bits per heavy atom. The van der Waals surface area contributed by atoms with Gasteiger partial charge in [0.2, 0.25) is 0 Å². The van der Waals surface area contributed by atoms with E-state index in [1.54, 1.807) is 43.6 Å². The Labute approximate surface area is 167 Å². The van der Waals surface area contributed by atoms with E-state index in [4.69, 9.17) is 0 Å². The van der Waals surface area contributed by atoms with Crippen LogP contribution >= 0.6 is 0 Å². The van der Waals surface area contributed by atoms with Crippen LogP contribution < -0.4 is 5.10 Å². The van der Waals surface area contributed by atoms with Gasteiger partial charge in [0.25, 0.3) is 0 Å². The predicted octanol–water partition coefficient (Wildman–Crippen LogP) is 3.22. The van der Waals surface area contributed by atoms with Crippen molar-refractivity contribution in [1.29, 1.82) is 0 Å². The minimum atomic E-state index is -0.578. The number of pyridine rings is 2. The van der Waals surface area contributed by atoms with Crippen molar-refractivity contribution in [2.75, 3.05) is 0 Å². The summed E-state index contributed by atoms with van der Waals surface area (Å²) >= 11 is 0. The first-order chi connectivity index (χ1) is 12.6. The molecule has 6 nitrogen and oxygen atoms in total. The first kappa shape index (κ1) is 20.4. The molecule has 0 N–H and O–H groups in total. The number of tetrazole rings is 1. The first-order valence-electron chi connectivity index (χ1n) is 7.62. The van der Waals surface area contributed by atoms with Crippen LogP contribution in [-0.2, 0) is 20.1 Å². The monoisotopic (exact) mass is 544 g/mol. The van der Waals surface area contributed by atoms with Crippen molar-refractivity contribution in [3.8, 4) is 22.8 Å². The van der Waals surface area contributed by atoms with Gasteiger partial charge in [0.1, 0.15) is 11.6 Å². The second-order valence-electron chi connectivity index (χ2n) is 5.21. The Bertz CT molecular complexity index is 943. The van der Waals surface area contributed by atoms with Gasteiger partial charge in [-0.3, -0.25) is 20.3 Å². The zero-order valence-electron chi connectivity index (χ0n) is 14.0. The van der Waals surface area contributed by atoms with E-state index in [-0.39, 0.29) is 20.1 Å². The summed E-state index contributed by atoms with van der Waals surface area (Å²) in [5, 5.41) is 14.0. The predicted molar refractivity (Wildman–Crippen MR) is 90.7 cm³/mol. The second kappa shape index (κ2) is 9.70. The molecule has 0 fully saturated rings. The van der Waals surface area contributed by atoms with Crippen LogP contribution in [0.3, 0.4) is 0 Å². The van der Waals surface area contributed by atoms with Gasteiger partial charge in [-0.1, -0.05) is 12.1 Å². The van der Waals surface area contributed by atoms with Crippen molar-refractivity contribution in [2.45, 2.75) is 6.92 Å². The molecule has 9 heteroatoms. The number of aromatic nitrogens is 6. The van der Waals surface area contributed by atoms with Crippen LogP contribution in [0.5, 0.6) is 0 Å². The van der Waals surface area contributed by atoms with Gasteiger partial charge >= 0.3 is 0 Å². The molecule has 4 aromatic rings. The summed E-state index contributed by atoms with van der Waals surface area (Å²) in [4.78, 5) is 8.05. The molecule has 4 rings (SSSR count). The Morgan fingerprint density at radius 2 is 1.56 bits per heavy atom. The van der Waals surface area contributed by atoms with Crippen molar-refractivity contribution in [1.82, 2.24) is 30.6 Å². The van der Waals surface area contributed by atoms with Gasteiger partial charge in [-0.15, -0.1) is 0 Å². The molecule has 3 heterocycles. The number of nitrogens with zero attached hydrogens (tertiary/aromatic N) is 6. The summed E-state index contributed by atoms with van der Waals surface area (Å²) < 4.78 is 26.4. The van der Waals surface area contributed by atoms with Crippen LogP contribution in [0, 0.1) is 18.6 Å². The van der Waals surface area contributed by atoms with Crippen molar-refractivity contribution in [3.63, 3.8) is 0 Å². The molecule has 27 heavy (non-hydrogen) atoms. The number of halogens is 2. The molecule has 0 saturated carbocycles. The molecule has 0 amide bonds. The third-order valence-electron chi connectivity index (χ3n) is 3.39. The summed E-state index contributed by atoms with van der Waals surface area (Å²) in [6, 6.07) is 12.9. The molecule has 0 aliphatic rings. The van der Waals surface area contributed by atoms with Crippen molar-refractivity contribution >= 4 is 0 Å². The zero-order chi connectivity index (χ0) is 18.4. The number of hydrogen-bond donors (Lipinski definition) is 0. The number of rotatable bonds is 2. The van der Waals surface area contributed by atoms with E-state index in [0.29, 0.717) is 28.3 Å². The topological polar surface area (TPSA) is 78.5 Å². The Hall–Kier alpha value is -2.90. The molecule has 0 aliphatic carbocycles. The minimum absolute atomic E-state index is 0. The van der Waals surface area contributed by atoms with Gasteiger partial charge in [-0.2, -0.15) is 5.21 Å². The number of benzene rings is 1. The van der Waals surface area contributed by atoms with Crippen molar-refractivity contribution in [3.05, 3.63) is 78.1 Å². The second-order valence-corrected chi connectivity index (χ2v) is 5.21. The molecule has 0 unspecified atom stereocenters. The fourth-order valence-electron chi connectivity index (χ4n) is 2.28. The Morgan fingerprint density at radius 1 is 0.889 bits per heavy atom. The van der Waals surface area contributed by atoms with Gasteiger partial charge in [-0.05, 0) is 42.8 Å². The van der Waals surface area contributed by atoms with E-state index in [1.807, 2.05) is 12.1 Å². The van der Waals surface area contributed by atoms with E-state index in [0.717, 1.165) is 6.07 Å². The normalized spacial score (nSPS) is 9.74. The van der Waals surface area contributed by atoms with Crippen molar-refractivity contribution < 1.29 is 28.9 Å². The van der Waals surface area contributed by atoms with Gasteiger partial charge in [0.05, 0.1) is 17.2 Å². The molecule has 1 aromatic carbocycles. The molecule has 3 aromatic heterocycles. The fraction of sp³-hybridized carbons (Fsp3) is 0.0556. The molecular formula is C18H13F2IrN6-. The average Bonchev–Trinajstić information content (AvgIpc) is 3.18. The third kappa shape index (κ3) is 5.29. The largest absolute Gasteiger partial charge is 0.329 e. The molecule has 0 bridgehead atoms. The van der Waals surface area contributed by atoms with Crippen LogP contribution in [0.2, 0.25) is 0 Å². The van der Waals surface area contributed by atoms with E-state index >= 15 is 0 Å². The summed E-state index contributed by atoms with van der Waals surface area (Å²) in [7, 11) is 0. The maximum Gasteiger partial charge on any atom is 0.135 e. The van der Waals surface area contributed by atoms with Crippen molar-refractivity contribution in [2.24, 2.45) is 0 Å². The molecule has 1 radical (unpaired) electrons. The van der Waals surface area contributed by atoms with Crippen LogP contribution in [0.15, 0.2) is 60.9 Å². The van der Waals surface area contributed by atoms with E-state index in [2.05, 4.69) is 30.6 Å². The van der Waals surface area contributed by atoms with Gasteiger partial charge in [-0.25, -0.2) is 8.78 Å². The maximum atomic E-state index is 13.5. The van der Waals surface area contributed by atoms with E-state index < -0.39 is 11.6 Å². The molecule has 139 valence electrons. The molecular weight excluding hydrogens is 530 g/mol. The maximum absolute atomic E-state index is 13.5. The quantitative estimate of drug-likeness (QED) is 0.387. The zero-order valence-corrected chi connectivity index (χ0v) is 16.4. The summed E-state index contributed by atoms with van der Waals surface area (Å²) in [6.45, 7) is 1.66. The fourth-order valence-corrected chi connectivity index (χ4v) is 2.28. The molecule has 0 aliphatic heterocycles. The standard InChI is InChI=1S/C12H9F2N.C6H4N5.Ir/c1-8-6-9(13)7-10(14)12(8)11-4-2-3-5-15-11;1-2-4-7-5(3-1)6-8-10-11-9-6;/h2-7H,1H3;1-4H;/q;-1;. The summed E-state index contributed by atoms with van der Waals surface area (Å²) in [5.74, 6) is -0.679. The van der Waals surface area contributed by atoms with Crippen LogP contribution in [-0.4, -0.2) is 25.5 Å². The smallest absolute Gasteiger partial charge is 0.135 e. The molecule has 0 spiro atoms. The van der Waals surface area contributed by atoms with Crippen LogP contribution in [0.25, 0.3) is 22.8 Å². The first-order valence-corrected chi connectivity index (χ1v) is 7.62. The Kier molecular flexibility index (Phi) is 7.33. The summed E-state index contributed by atoms with van der Waals surface area (Å²) in [6.07, 6.45) is 3.25.